The number of sulfonamides is 1. The van der Waals surface area contributed by atoms with Crippen molar-refractivity contribution in [2.24, 2.45) is 0 Å². The molecule has 154 valence electrons. The molecule has 3 rings (SSSR count). The lowest BCUT2D eigenvalue weighted by Crippen LogP contribution is -2.46. The summed E-state index contributed by atoms with van der Waals surface area (Å²) in [5.41, 5.74) is 0.656. The molecule has 2 aromatic rings. The lowest BCUT2D eigenvalue weighted by Gasteiger charge is -2.24. The molecule has 1 atom stereocenters. The minimum absolute atomic E-state index is 0.0505. The van der Waals surface area contributed by atoms with Gasteiger partial charge in [-0.1, -0.05) is 30.3 Å². The number of carbonyl (C=O) groups excluding carboxylic acids is 2. The zero-order valence-electron chi connectivity index (χ0n) is 15.7. The first kappa shape index (κ1) is 20.9. The van der Waals surface area contributed by atoms with Crippen LogP contribution >= 0.6 is 0 Å². The van der Waals surface area contributed by atoms with Gasteiger partial charge in [0.25, 0.3) is 0 Å². The lowest BCUT2D eigenvalue weighted by molar-refractivity contribution is -0.139. The number of halogens is 1. The fourth-order valence-corrected chi connectivity index (χ4v) is 4.93. The lowest BCUT2D eigenvalue weighted by atomic mass is 10.2. The van der Waals surface area contributed by atoms with E-state index in [1.807, 2.05) is 0 Å². The van der Waals surface area contributed by atoms with Crippen molar-refractivity contribution in [3.05, 3.63) is 66.0 Å². The second-order valence-electron chi connectivity index (χ2n) is 6.74. The van der Waals surface area contributed by atoms with E-state index in [1.54, 1.807) is 18.2 Å². The number of nitrogens with one attached hydrogen (secondary N) is 2. The quantitative estimate of drug-likeness (QED) is 0.692. The van der Waals surface area contributed by atoms with Gasteiger partial charge >= 0.3 is 11.8 Å². The van der Waals surface area contributed by atoms with E-state index in [0.717, 1.165) is 0 Å². The summed E-state index contributed by atoms with van der Waals surface area (Å²) in [5.74, 6) is -2.05. The van der Waals surface area contributed by atoms with Crippen molar-refractivity contribution in [2.75, 3.05) is 13.1 Å². The number of rotatable bonds is 6. The third kappa shape index (κ3) is 5.18. The predicted molar refractivity (Wildman–Crippen MR) is 105 cm³/mol. The molecule has 0 saturated carbocycles. The maximum absolute atomic E-state index is 12.9. The van der Waals surface area contributed by atoms with E-state index >= 15 is 0 Å². The van der Waals surface area contributed by atoms with Crippen molar-refractivity contribution < 1.29 is 22.4 Å². The van der Waals surface area contributed by atoms with Gasteiger partial charge in [-0.3, -0.25) is 9.59 Å². The molecule has 29 heavy (non-hydrogen) atoms. The monoisotopic (exact) mass is 419 g/mol. The minimum atomic E-state index is -3.65. The fraction of sp³-hybridized carbons (Fsp3) is 0.300. The molecule has 0 radical (unpaired) electrons. The Morgan fingerprint density at radius 1 is 1.00 bits per heavy atom. The van der Waals surface area contributed by atoms with Gasteiger partial charge in [0.2, 0.25) is 10.0 Å². The highest BCUT2D eigenvalue weighted by atomic mass is 32.2. The molecule has 1 aliphatic rings. The number of benzene rings is 2. The molecule has 1 aliphatic heterocycles. The summed E-state index contributed by atoms with van der Waals surface area (Å²) >= 11 is 0. The van der Waals surface area contributed by atoms with Gasteiger partial charge in [0.1, 0.15) is 5.82 Å². The Morgan fingerprint density at radius 3 is 2.34 bits per heavy atom. The second-order valence-corrected chi connectivity index (χ2v) is 8.63. The Balaban J connectivity index is 1.53. The molecule has 0 bridgehead atoms. The van der Waals surface area contributed by atoms with Crippen LogP contribution in [0.5, 0.6) is 0 Å². The second kappa shape index (κ2) is 9.15. The SMILES string of the molecule is O=C(NCc1ccc(F)cc1)C(=O)NC[C@@H]1CCCN1S(=O)(=O)c1ccccc1. The normalized spacial score (nSPS) is 17.1. The molecule has 1 heterocycles. The van der Waals surface area contributed by atoms with Crippen molar-refractivity contribution in [2.45, 2.75) is 30.3 Å². The molecular weight excluding hydrogens is 397 g/mol. The van der Waals surface area contributed by atoms with Gasteiger partial charge in [-0.15, -0.1) is 0 Å². The molecule has 9 heteroatoms. The highest BCUT2D eigenvalue weighted by Gasteiger charge is 2.35. The molecule has 0 spiro atoms. The molecule has 0 aromatic heterocycles. The third-order valence-electron chi connectivity index (χ3n) is 4.74. The van der Waals surface area contributed by atoms with Crippen LogP contribution in [-0.2, 0) is 26.2 Å². The van der Waals surface area contributed by atoms with Crippen molar-refractivity contribution in [3.63, 3.8) is 0 Å². The van der Waals surface area contributed by atoms with Crippen LogP contribution in [0.1, 0.15) is 18.4 Å². The van der Waals surface area contributed by atoms with Crippen LogP contribution in [0.3, 0.4) is 0 Å². The number of hydrogen-bond donors (Lipinski definition) is 2. The Kier molecular flexibility index (Phi) is 6.60. The number of amides is 2. The maximum Gasteiger partial charge on any atom is 0.309 e. The molecule has 1 saturated heterocycles. The molecule has 0 unspecified atom stereocenters. The van der Waals surface area contributed by atoms with Gasteiger partial charge in [-0.05, 0) is 42.7 Å². The van der Waals surface area contributed by atoms with Crippen molar-refractivity contribution >= 4 is 21.8 Å². The Morgan fingerprint density at radius 2 is 1.66 bits per heavy atom. The summed E-state index contributed by atoms with van der Waals surface area (Å²) in [7, 11) is -3.65. The van der Waals surface area contributed by atoms with Crippen molar-refractivity contribution in [3.8, 4) is 0 Å². The van der Waals surface area contributed by atoms with E-state index in [0.29, 0.717) is 24.9 Å². The number of carbonyl (C=O) groups is 2. The molecule has 1 fully saturated rings. The van der Waals surface area contributed by atoms with Crippen LogP contribution in [-0.4, -0.2) is 43.7 Å². The Hall–Kier alpha value is -2.78. The summed E-state index contributed by atoms with van der Waals surface area (Å²) in [4.78, 5) is 24.2. The zero-order valence-corrected chi connectivity index (χ0v) is 16.5. The van der Waals surface area contributed by atoms with E-state index in [2.05, 4.69) is 10.6 Å². The van der Waals surface area contributed by atoms with Crippen molar-refractivity contribution in [1.82, 2.24) is 14.9 Å². The van der Waals surface area contributed by atoms with Crippen LogP contribution in [0.15, 0.2) is 59.5 Å². The topological polar surface area (TPSA) is 95.6 Å². The molecule has 0 aliphatic carbocycles. The smallest absolute Gasteiger partial charge is 0.309 e. The molecule has 2 N–H and O–H groups in total. The fourth-order valence-electron chi connectivity index (χ4n) is 3.21. The zero-order chi connectivity index (χ0) is 20.9. The molecule has 2 amide bonds. The first-order valence-corrected chi connectivity index (χ1v) is 10.7. The van der Waals surface area contributed by atoms with E-state index in [9.17, 15) is 22.4 Å². The number of hydrogen-bond acceptors (Lipinski definition) is 4. The van der Waals surface area contributed by atoms with Crippen LogP contribution in [0, 0.1) is 5.82 Å². The Labute approximate surface area is 169 Å². The van der Waals surface area contributed by atoms with Crippen LogP contribution in [0.2, 0.25) is 0 Å². The van der Waals surface area contributed by atoms with E-state index in [-0.39, 0.29) is 23.8 Å². The summed E-state index contributed by atoms with van der Waals surface area (Å²) < 4.78 is 39.9. The maximum atomic E-state index is 12.9. The van der Waals surface area contributed by atoms with E-state index < -0.39 is 27.9 Å². The third-order valence-corrected chi connectivity index (χ3v) is 6.71. The Bertz CT molecular complexity index is 965. The summed E-state index contributed by atoms with van der Waals surface area (Å²) in [6.07, 6.45) is 1.28. The average molecular weight is 419 g/mol. The summed E-state index contributed by atoms with van der Waals surface area (Å²) in [5, 5.41) is 4.96. The van der Waals surface area contributed by atoms with Gasteiger partial charge in [0.05, 0.1) is 4.90 Å². The average Bonchev–Trinajstić information content (AvgIpc) is 3.21. The van der Waals surface area contributed by atoms with Gasteiger partial charge in [-0.25, -0.2) is 12.8 Å². The van der Waals surface area contributed by atoms with Gasteiger partial charge < -0.3 is 10.6 Å². The number of nitrogens with zero attached hydrogens (tertiary/aromatic N) is 1. The van der Waals surface area contributed by atoms with E-state index in [1.165, 1.54) is 40.7 Å². The van der Waals surface area contributed by atoms with Gasteiger partial charge in [0.15, 0.2) is 0 Å². The van der Waals surface area contributed by atoms with Gasteiger partial charge in [0, 0.05) is 25.7 Å². The highest BCUT2D eigenvalue weighted by molar-refractivity contribution is 7.89. The minimum Gasteiger partial charge on any atom is -0.346 e. The van der Waals surface area contributed by atoms with Gasteiger partial charge in [-0.2, -0.15) is 4.31 Å². The first-order valence-electron chi connectivity index (χ1n) is 9.25. The van der Waals surface area contributed by atoms with Crippen molar-refractivity contribution in [1.29, 1.82) is 0 Å². The summed E-state index contributed by atoms with van der Waals surface area (Å²) in [6, 6.07) is 13.3. The van der Waals surface area contributed by atoms with E-state index in [4.69, 9.17) is 0 Å². The predicted octanol–water partition coefficient (Wildman–Crippen LogP) is 1.41. The largest absolute Gasteiger partial charge is 0.346 e. The standard InChI is InChI=1S/C20H22FN3O4S/c21-16-10-8-15(9-11-16)13-22-19(25)20(26)23-14-17-5-4-12-24(17)29(27,28)18-6-2-1-3-7-18/h1-3,6-11,17H,4-5,12-14H2,(H,22,25)(H,23,26)/t17-/m0/s1. The van der Waals surface area contributed by atoms with Crippen LogP contribution in [0.25, 0.3) is 0 Å². The summed E-state index contributed by atoms with van der Waals surface area (Å²) in [6.45, 7) is 0.508. The molecule has 2 aromatic carbocycles. The van der Waals surface area contributed by atoms with Crippen LogP contribution in [0.4, 0.5) is 4.39 Å². The highest BCUT2D eigenvalue weighted by Crippen LogP contribution is 2.25. The molecular formula is C20H22FN3O4S. The van der Waals surface area contributed by atoms with Crippen LogP contribution < -0.4 is 10.6 Å². The first-order chi connectivity index (χ1) is 13.9. The molecule has 7 nitrogen and oxygen atoms in total.